The molecule has 0 aliphatic rings. The number of carboxylic acids is 1. The van der Waals surface area contributed by atoms with E-state index in [0.717, 1.165) is 22.2 Å². The Kier molecular flexibility index (Phi) is 3.21. The first kappa shape index (κ1) is 12.4. The molecule has 0 amide bonds. The summed E-state index contributed by atoms with van der Waals surface area (Å²) in [5, 5.41) is 14.3. The molecule has 4 nitrogen and oxygen atoms in total. The van der Waals surface area contributed by atoms with Gasteiger partial charge in [-0.3, -0.25) is 4.79 Å². The zero-order valence-corrected chi connectivity index (χ0v) is 10.9. The molecular weight excluding hydrogens is 252 g/mol. The molecule has 0 radical (unpaired) electrons. The van der Waals surface area contributed by atoms with Gasteiger partial charge in [0.05, 0.1) is 11.2 Å². The Labute approximate surface area is 116 Å². The van der Waals surface area contributed by atoms with Gasteiger partial charge in [0, 0.05) is 18.0 Å². The van der Waals surface area contributed by atoms with Gasteiger partial charge >= 0.3 is 5.97 Å². The minimum absolute atomic E-state index is 0.158. The van der Waals surface area contributed by atoms with Crippen molar-refractivity contribution in [3.05, 3.63) is 60.3 Å². The number of aryl methyl sites for hydroxylation is 1. The summed E-state index contributed by atoms with van der Waals surface area (Å²) in [4.78, 5) is 10.5. The summed E-state index contributed by atoms with van der Waals surface area (Å²) in [7, 11) is 0. The molecule has 1 N–H and O–H groups in total. The highest BCUT2D eigenvalue weighted by atomic mass is 16.4. The summed E-state index contributed by atoms with van der Waals surface area (Å²) in [5.74, 6) is -0.771. The number of hydrogen-bond acceptors (Lipinski definition) is 2. The number of carbonyl (C=O) groups is 1. The predicted octanol–water partition coefficient (Wildman–Crippen LogP) is 3.04. The normalized spacial score (nSPS) is 10.8. The minimum atomic E-state index is -0.771. The van der Waals surface area contributed by atoms with E-state index in [2.05, 4.69) is 5.10 Å². The molecule has 0 unspecified atom stereocenters. The summed E-state index contributed by atoms with van der Waals surface area (Å²) in [6.07, 6.45) is 2.70. The number of fused-ring (bicyclic) bond motifs is 1. The van der Waals surface area contributed by atoms with Crippen molar-refractivity contribution < 1.29 is 9.90 Å². The molecule has 1 aromatic heterocycles. The fourth-order valence-corrected chi connectivity index (χ4v) is 2.16. The lowest BCUT2D eigenvalue weighted by atomic mass is 10.1. The minimum Gasteiger partial charge on any atom is -0.481 e. The largest absolute Gasteiger partial charge is 0.481 e. The third kappa shape index (κ3) is 2.54. The maximum atomic E-state index is 10.5. The molecule has 2 aromatic carbocycles. The summed E-state index contributed by atoms with van der Waals surface area (Å²) in [6.45, 7) is 0. The standard InChI is InChI=1S/C16H14N2O2/c19-16(20)10-7-12-5-8-14(9-6-12)18-11-13-3-1-2-4-15(13)17-18/h1-6,8-9,11H,7,10H2,(H,19,20). The molecule has 0 spiro atoms. The van der Waals surface area contributed by atoms with Crippen LogP contribution in [-0.4, -0.2) is 20.9 Å². The molecule has 0 aliphatic carbocycles. The molecule has 0 bridgehead atoms. The van der Waals surface area contributed by atoms with Gasteiger partial charge in [0.15, 0.2) is 0 Å². The van der Waals surface area contributed by atoms with Gasteiger partial charge in [-0.15, -0.1) is 0 Å². The number of aromatic nitrogens is 2. The maximum absolute atomic E-state index is 10.5. The average Bonchev–Trinajstić information content (AvgIpc) is 2.89. The van der Waals surface area contributed by atoms with Crippen LogP contribution in [0.25, 0.3) is 16.6 Å². The molecule has 0 aliphatic heterocycles. The molecule has 1 heterocycles. The lowest BCUT2D eigenvalue weighted by Gasteiger charge is -2.03. The Morgan fingerprint density at radius 3 is 2.55 bits per heavy atom. The van der Waals surface area contributed by atoms with E-state index in [-0.39, 0.29) is 6.42 Å². The summed E-state index contributed by atoms with van der Waals surface area (Å²) in [6, 6.07) is 15.8. The lowest BCUT2D eigenvalue weighted by Crippen LogP contribution is -1.98. The van der Waals surface area contributed by atoms with Gasteiger partial charge in [-0.25, -0.2) is 4.68 Å². The highest BCUT2D eigenvalue weighted by Gasteiger charge is 2.03. The first-order chi connectivity index (χ1) is 9.72. The molecule has 20 heavy (non-hydrogen) atoms. The molecule has 100 valence electrons. The fourth-order valence-electron chi connectivity index (χ4n) is 2.16. The topological polar surface area (TPSA) is 55.1 Å². The Balaban J connectivity index is 1.85. The van der Waals surface area contributed by atoms with Gasteiger partial charge in [0.1, 0.15) is 0 Å². The van der Waals surface area contributed by atoms with Crippen LogP contribution in [0.2, 0.25) is 0 Å². The predicted molar refractivity (Wildman–Crippen MR) is 77.0 cm³/mol. The van der Waals surface area contributed by atoms with Crippen molar-refractivity contribution in [2.75, 3.05) is 0 Å². The summed E-state index contributed by atoms with van der Waals surface area (Å²) < 4.78 is 1.84. The SMILES string of the molecule is O=C(O)CCc1ccc(-n2cc3ccccc3n2)cc1. The maximum Gasteiger partial charge on any atom is 0.303 e. The molecule has 0 atom stereocenters. The van der Waals surface area contributed by atoms with Crippen molar-refractivity contribution in [3.8, 4) is 5.69 Å². The Morgan fingerprint density at radius 2 is 1.85 bits per heavy atom. The average molecular weight is 266 g/mol. The van der Waals surface area contributed by atoms with E-state index in [1.807, 2.05) is 59.4 Å². The van der Waals surface area contributed by atoms with Crippen LogP contribution in [0, 0.1) is 0 Å². The van der Waals surface area contributed by atoms with E-state index in [0.29, 0.717) is 6.42 Å². The molecule has 0 saturated carbocycles. The van der Waals surface area contributed by atoms with E-state index in [9.17, 15) is 4.79 Å². The monoisotopic (exact) mass is 266 g/mol. The number of rotatable bonds is 4. The van der Waals surface area contributed by atoms with Crippen molar-refractivity contribution >= 4 is 16.9 Å². The Morgan fingerprint density at radius 1 is 1.10 bits per heavy atom. The van der Waals surface area contributed by atoms with Crippen LogP contribution < -0.4 is 0 Å². The van der Waals surface area contributed by atoms with Gasteiger partial charge in [0.2, 0.25) is 0 Å². The van der Waals surface area contributed by atoms with Crippen molar-refractivity contribution in [1.82, 2.24) is 9.78 Å². The van der Waals surface area contributed by atoms with E-state index in [4.69, 9.17) is 5.11 Å². The third-order valence-electron chi connectivity index (χ3n) is 3.24. The highest BCUT2D eigenvalue weighted by Crippen LogP contribution is 2.16. The smallest absolute Gasteiger partial charge is 0.303 e. The van der Waals surface area contributed by atoms with E-state index >= 15 is 0 Å². The molecular formula is C16H14N2O2. The molecule has 3 rings (SSSR count). The second kappa shape index (κ2) is 5.17. The van der Waals surface area contributed by atoms with Gasteiger partial charge in [0.25, 0.3) is 0 Å². The highest BCUT2D eigenvalue weighted by molar-refractivity contribution is 5.78. The van der Waals surface area contributed by atoms with Crippen LogP contribution in [-0.2, 0) is 11.2 Å². The molecule has 3 aromatic rings. The number of aliphatic carboxylic acids is 1. The van der Waals surface area contributed by atoms with Crippen LogP contribution in [0.15, 0.2) is 54.7 Å². The third-order valence-corrected chi connectivity index (χ3v) is 3.24. The van der Waals surface area contributed by atoms with Crippen LogP contribution in [0.5, 0.6) is 0 Å². The van der Waals surface area contributed by atoms with Crippen LogP contribution in [0.4, 0.5) is 0 Å². The van der Waals surface area contributed by atoms with E-state index < -0.39 is 5.97 Å². The fraction of sp³-hybridized carbons (Fsp3) is 0.125. The first-order valence-electron chi connectivity index (χ1n) is 6.48. The van der Waals surface area contributed by atoms with Crippen molar-refractivity contribution in [2.24, 2.45) is 0 Å². The second-order valence-corrected chi connectivity index (χ2v) is 4.69. The second-order valence-electron chi connectivity index (χ2n) is 4.69. The van der Waals surface area contributed by atoms with Crippen molar-refractivity contribution in [2.45, 2.75) is 12.8 Å². The molecule has 0 fully saturated rings. The quantitative estimate of drug-likeness (QED) is 0.789. The van der Waals surface area contributed by atoms with Gasteiger partial charge in [-0.2, -0.15) is 5.10 Å². The van der Waals surface area contributed by atoms with Crippen LogP contribution >= 0.6 is 0 Å². The first-order valence-corrected chi connectivity index (χ1v) is 6.48. The number of nitrogens with zero attached hydrogens (tertiary/aromatic N) is 2. The van der Waals surface area contributed by atoms with Gasteiger partial charge < -0.3 is 5.11 Å². The van der Waals surface area contributed by atoms with E-state index in [1.165, 1.54) is 0 Å². The number of benzene rings is 2. The molecule has 0 saturated heterocycles. The molecule has 4 heteroatoms. The Hall–Kier alpha value is -2.62. The Bertz CT molecular complexity index is 712. The number of carboxylic acid groups (broad SMARTS) is 1. The van der Waals surface area contributed by atoms with Crippen molar-refractivity contribution in [3.63, 3.8) is 0 Å². The van der Waals surface area contributed by atoms with Crippen LogP contribution in [0.1, 0.15) is 12.0 Å². The van der Waals surface area contributed by atoms with Crippen molar-refractivity contribution in [1.29, 1.82) is 0 Å². The lowest BCUT2D eigenvalue weighted by molar-refractivity contribution is -0.136. The van der Waals surface area contributed by atoms with E-state index in [1.54, 1.807) is 0 Å². The van der Waals surface area contributed by atoms with Gasteiger partial charge in [-0.05, 0) is 30.2 Å². The number of hydrogen-bond donors (Lipinski definition) is 1. The van der Waals surface area contributed by atoms with Crippen LogP contribution in [0.3, 0.4) is 0 Å². The van der Waals surface area contributed by atoms with Gasteiger partial charge in [-0.1, -0.05) is 30.3 Å². The summed E-state index contributed by atoms with van der Waals surface area (Å²) in [5.41, 5.74) is 2.95. The zero-order valence-electron chi connectivity index (χ0n) is 10.9. The zero-order chi connectivity index (χ0) is 13.9. The summed E-state index contributed by atoms with van der Waals surface area (Å²) >= 11 is 0.